The van der Waals surface area contributed by atoms with Crippen LogP contribution in [-0.4, -0.2) is 61.3 Å². The third-order valence-electron chi connectivity index (χ3n) is 4.95. The van der Waals surface area contributed by atoms with Gasteiger partial charge in [0.1, 0.15) is 5.75 Å². The number of ether oxygens (including phenoxy) is 1. The first-order chi connectivity index (χ1) is 11.7. The highest BCUT2D eigenvalue weighted by molar-refractivity contribution is 5.82. The van der Waals surface area contributed by atoms with Gasteiger partial charge in [0.15, 0.2) is 0 Å². The number of nitrogens with zero attached hydrogens (tertiary/aromatic N) is 1. The molecule has 2 aliphatic rings. The Morgan fingerprint density at radius 3 is 2.92 bits per heavy atom. The zero-order valence-corrected chi connectivity index (χ0v) is 14.2. The van der Waals surface area contributed by atoms with Crippen LogP contribution in [0.2, 0.25) is 0 Å². The molecular formula is C18H27N3O3. The van der Waals surface area contributed by atoms with Gasteiger partial charge in [-0.15, -0.1) is 0 Å². The van der Waals surface area contributed by atoms with Gasteiger partial charge in [-0.2, -0.15) is 0 Å². The quantitative estimate of drug-likeness (QED) is 0.714. The average Bonchev–Trinajstić information content (AvgIpc) is 3.27. The van der Waals surface area contributed by atoms with Crippen molar-refractivity contribution in [3.05, 3.63) is 29.8 Å². The summed E-state index contributed by atoms with van der Waals surface area (Å²) in [6.45, 7) is 3.17. The van der Waals surface area contributed by atoms with Crippen LogP contribution >= 0.6 is 0 Å². The van der Waals surface area contributed by atoms with Gasteiger partial charge in [-0.05, 0) is 50.0 Å². The standard InChI is InChI=1S/C18H27N3O3/c1-24-15-6-4-5-13(9-15)17(21-7-2-3-8-21)12-20-18(23)16-10-14(22)11-19-16/h4-6,9,14,16-17,19,22H,2-3,7-8,10-12H2,1H3,(H,20,23)/t14-,16-,17-/m0/s1. The first-order valence-corrected chi connectivity index (χ1v) is 8.74. The van der Waals surface area contributed by atoms with E-state index in [-0.39, 0.29) is 18.0 Å². The van der Waals surface area contributed by atoms with Crippen molar-refractivity contribution in [3.63, 3.8) is 0 Å². The largest absolute Gasteiger partial charge is 0.497 e. The van der Waals surface area contributed by atoms with Crippen LogP contribution in [0, 0.1) is 0 Å². The third-order valence-corrected chi connectivity index (χ3v) is 4.95. The number of methoxy groups -OCH3 is 1. The topological polar surface area (TPSA) is 73.8 Å². The molecule has 2 heterocycles. The Hall–Kier alpha value is -1.63. The molecule has 2 aliphatic heterocycles. The lowest BCUT2D eigenvalue weighted by Crippen LogP contribution is -2.44. The molecular weight excluding hydrogens is 306 g/mol. The lowest BCUT2D eigenvalue weighted by Gasteiger charge is -2.29. The molecule has 0 radical (unpaired) electrons. The maximum Gasteiger partial charge on any atom is 0.237 e. The number of likely N-dealkylation sites (tertiary alicyclic amines) is 1. The van der Waals surface area contributed by atoms with E-state index in [1.807, 2.05) is 18.2 Å². The summed E-state index contributed by atoms with van der Waals surface area (Å²) in [5.41, 5.74) is 1.16. The average molecular weight is 333 g/mol. The van der Waals surface area contributed by atoms with Crippen molar-refractivity contribution in [3.8, 4) is 5.75 Å². The van der Waals surface area contributed by atoms with Gasteiger partial charge in [-0.3, -0.25) is 9.69 Å². The molecule has 6 heteroatoms. The summed E-state index contributed by atoms with van der Waals surface area (Å²) < 4.78 is 5.34. The summed E-state index contributed by atoms with van der Waals surface area (Å²) in [7, 11) is 1.67. The summed E-state index contributed by atoms with van der Waals surface area (Å²) in [5, 5.41) is 15.7. The zero-order valence-electron chi connectivity index (χ0n) is 14.2. The second-order valence-electron chi connectivity index (χ2n) is 6.63. The van der Waals surface area contributed by atoms with Gasteiger partial charge in [0.05, 0.1) is 25.3 Å². The molecule has 6 nitrogen and oxygen atoms in total. The molecule has 0 aliphatic carbocycles. The number of hydrogen-bond donors (Lipinski definition) is 3. The molecule has 3 atom stereocenters. The molecule has 132 valence electrons. The van der Waals surface area contributed by atoms with E-state index >= 15 is 0 Å². The van der Waals surface area contributed by atoms with Gasteiger partial charge < -0.3 is 20.5 Å². The lowest BCUT2D eigenvalue weighted by molar-refractivity contribution is -0.123. The summed E-state index contributed by atoms with van der Waals surface area (Å²) in [6.07, 6.45) is 2.46. The smallest absolute Gasteiger partial charge is 0.237 e. The highest BCUT2D eigenvalue weighted by Crippen LogP contribution is 2.27. The minimum absolute atomic E-state index is 0.0290. The fourth-order valence-corrected chi connectivity index (χ4v) is 3.60. The molecule has 1 aromatic rings. The van der Waals surface area contributed by atoms with Crippen LogP contribution in [0.25, 0.3) is 0 Å². The van der Waals surface area contributed by atoms with Gasteiger partial charge >= 0.3 is 0 Å². The van der Waals surface area contributed by atoms with Crippen molar-refractivity contribution in [1.29, 1.82) is 0 Å². The highest BCUT2D eigenvalue weighted by atomic mass is 16.5. The molecule has 0 aromatic heterocycles. The maximum absolute atomic E-state index is 12.3. The van der Waals surface area contributed by atoms with Crippen molar-refractivity contribution in [2.24, 2.45) is 0 Å². The molecule has 1 aromatic carbocycles. The zero-order chi connectivity index (χ0) is 16.9. The van der Waals surface area contributed by atoms with Crippen LogP contribution in [0.3, 0.4) is 0 Å². The molecule has 3 rings (SSSR count). The van der Waals surface area contributed by atoms with Crippen molar-refractivity contribution in [2.45, 2.75) is 37.5 Å². The Balaban J connectivity index is 1.67. The molecule has 0 bridgehead atoms. The monoisotopic (exact) mass is 333 g/mol. The number of β-amino-alcohol motifs (C(OH)–C–C–N with tert-alkyl or cyclic N) is 1. The fourth-order valence-electron chi connectivity index (χ4n) is 3.60. The molecule has 0 spiro atoms. The van der Waals surface area contributed by atoms with E-state index in [2.05, 4.69) is 21.6 Å². The minimum Gasteiger partial charge on any atom is -0.497 e. The van der Waals surface area contributed by atoms with Crippen LogP contribution in [0.5, 0.6) is 5.75 Å². The summed E-state index contributed by atoms with van der Waals surface area (Å²) >= 11 is 0. The number of amides is 1. The molecule has 2 fully saturated rings. The highest BCUT2D eigenvalue weighted by Gasteiger charge is 2.29. The Labute approximate surface area is 143 Å². The fraction of sp³-hybridized carbons (Fsp3) is 0.611. The van der Waals surface area contributed by atoms with Crippen LogP contribution in [0.15, 0.2) is 24.3 Å². The van der Waals surface area contributed by atoms with Crippen molar-refractivity contribution < 1.29 is 14.6 Å². The maximum atomic E-state index is 12.3. The van der Waals surface area contributed by atoms with Gasteiger partial charge in [0.2, 0.25) is 5.91 Å². The van der Waals surface area contributed by atoms with Gasteiger partial charge in [-0.1, -0.05) is 12.1 Å². The Morgan fingerprint density at radius 2 is 2.25 bits per heavy atom. The normalized spacial score (nSPS) is 25.6. The second kappa shape index (κ2) is 7.96. The first-order valence-electron chi connectivity index (χ1n) is 8.74. The van der Waals surface area contributed by atoms with Crippen LogP contribution < -0.4 is 15.4 Å². The molecule has 24 heavy (non-hydrogen) atoms. The Morgan fingerprint density at radius 1 is 1.46 bits per heavy atom. The summed E-state index contributed by atoms with van der Waals surface area (Å²) in [5.74, 6) is 0.808. The van der Waals surface area contributed by atoms with E-state index in [0.29, 0.717) is 19.5 Å². The Kier molecular flexibility index (Phi) is 5.71. The molecule has 1 amide bonds. The van der Waals surface area contributed by atoms with Crippen molar-refractivity contribution in [1.82, 2.24) is 15.5 Å². The number of rotatable bonds is 6. The number of aliphatic hydroxyl groups excluding tert-OH is 1. The lowest BCUT2D eigenvalue weighted by atomic mass is 10.0. The number of carbonyl (C=O) groups is 1. The molecule has 0 unspecified atom stereocenters. The van der Waals surface area contributed by atoms with E-state index in [9.17, 15) is 9.90 Å². The van der Waals surface area contributed by atoms with Gasteiger partial charge in [0.25, 0.3) is 0 Å². The number of carbonyl (C=O) groups excluding carboxylic acids is 1. The predicted molar refractivity (Wildman–Crippen MR) is 92.0 cm³/mol. The number of aliphatic hydroxyl groups is 1. The van der Waals surface area contributed by atoms with E-state index in [0.717, 1.165) is 24.4 Å². The molecule has 2 saturated heterocycles. The summed E-state index contributed by atoms with van der Waals surface area (Å²) in [6, 6.07) is 7.94. The molecule has 0 saturated carbocycles. The number of benzene rings is 1. The van der Waals surface area contributed by atoms with E-state index in [1.54, 1.807) is 7.11 Å². The van der Waals surface area contributed by atoms with Crippen molar-refractivity contribution in [2.75, 3.05) is 33.3 Å². The van der Waals surface area contributed by atoms with Crippen LogP contribution in [-0.2, 0) is 4.79 Å². The van der Waals surface area contributed by atoms with Gasteiger partial charge in [0, 0.05) is 13.1 Å². The predicted octanol–water partition coefficient (Wildman–Crippen LogP) is 0.671. The summed E-state index contributed by atoms with van der Waals surface area (Å²) in [4.78, 5) is 14.8. The molecule has 3 N–H and O–H groups in total. The number of nitrogens with one attached hydrogen (secondary N) is 2. The minimum atomic E-state index is -0.423. The number of hydrogen-bond acceptors (Lipinski definition) is 5. The van der Waals surface area contributed by atoms with E-state index < -0.39 is 6.10 Å². The third kappa shape index (κ3) is 4.06. The van der Waals surface area contributed by atoms with E-state index in [1.165, 1.54) is 12.8 Å². The second-order valence-corrected chi connectivity index (χ2v) is 6.63. The van der Waals surface area contributed by atoms with Gasteiger partial charge in [-0.25, -0.2) is 0 Å². The van der Waals surface area contributed by atoms with E-state index in [4.69, 9.17) is 4.74 Å². The first kappa shape index (κ1) is 17.2. The van der Waals surface area contributed by atoms with Crippen LogP contribution in [0.1, 0.15) is 30.9 Å². The Bertz CT molecular complexity index is 560. The van der Waals surface area contributed by atoms with Crippen molar-refractivity contribution >= 4 is 5.91 Å². The SMILES string of the molecule is COc1cccc([C@H](CNC(=O)[C@@H]2C[C@H](O)CN2)N2CCCC2)c1. The van der Waals surface area contributed by atoms with Crippen LogP contribution in [0.4, 0.5) is 0 Å².